The number of benzene rings is 1. The third kappa shape index (κ3) is 4.05. The predicted molar refractivity (Wildman–Crippen MR) is 91.1 cm³/mol. The van der Waals surface area contributed by atoms with E-state index in [1.165, 1.54) is 0 Å². The van der Waals surface area contributed by atoms with Crippen LogP contribution in [-0.2, 0) is 11.2 Å². The molecule has 1 N–H and O–H groups in total. The summed E-state index contributed by atoms with van der Waals surface area (Å²) in [5.41, 5.74) is 1.01. The van der Waals surface area contributed by atoms with E-state index in [0.717, 1.165) is 5.56 Å². The molecule has 1 saturated heterocycles. The maximum atomic E-state index is 12.3. The SMILES string of the molecule is CC1CN(C(=O)NCCc2cc(Cl)c3c(c2)OCCO3)CC(C)O1. The first-order valence-corrected chi connectivity index (χ1v) is 8.67. The van der Waals surface area contributed by atoms with Gasteiger partial charge in [-0.25, -0.2) is 4.79 Å². The summed E-state index contributed by atoms with van der Waals surface area (Å²) in [6.07, 6.45) is 0.810. The fourth-order valence-corrected chi connectivity index (χ4v) is 3.37. The molecule has 6 nitrogen and oxygen atoms in total. The number of carbonyl (C=O) groups excluding carboxylic acids is 1. The lowest BCUT2D eigenvalue weighted by atomic mass is 10.1. The Balaban J connectivity index is 1.53. The Morgan fingerprint density at radius 2 is 1.96 bits per heavy atom. The van der Waals surface area contributed by atoms with Crippen LogP contribution in [0, 0.1) is 0 Å². The zero-order chi connectivity index (χ0) is 17.1. The second-order valence-electron chi connectivity index (χ2n) is 6.25. The van der Waals surface area contributed by atoms with Crippen LogP contribution in [-0.4, -0.2) is 56.0 Å². The number of nitrogens with zero attached hydrogens (tertiary/aromatic N) is 1. The Hall–Kier alpha value is -1.66. The molecule has 1 fully saturated rings. The number of carbonyl (C=O) groups is 1. The summed E-state index contributed by atoms with van der Waals surface area (Å²) in [7, 11) is 0. The van der Waals surface area contributed by atoms with Gasteiger partial charge < -0.3 is 24.4 Å². The Bertz CT molecular complexity index is 600. The van der Waals surface area contributed by atoms with E-state index in [9.17, 15) is 4.79 Å². The van der Waals surface area contributed by atoms with Crippen molar-refractivity contribution in [2.24, 2.45) is 0 Å². The molecule has 2 amide bonds. The smallest absolute Gasteiger partial charge is 0.317 e. The molecule has 1 aromatic carbocycles. The van der Waals surface area contributed by atoms with Crippen molar-refractivity contribution in [2.45, 2.75) is 32.5 Å². The number of morpholine rings is 1. The van der Waals surface area contributed by atoms with Gasteiger partial charge in [0.05, 0.1) is 17.2 Å². The average Bonchev–Trinajstić information content (AvgIpc) is 2.54. The van der Waals surface area contributed by atoms with E-state index in [0.29, 0.717) is 55.8 Å². The molecule has 0 saturated carbocycles. The molecular formula is C17H23ClN2O4. The summed E-state index contributed by atoms with van der Waals surface area (Å²) in [4.78, 5) is 14.1. The van der Waals surface area contributed by atoms with Crippen molar-refractivity contribution in [1.82, 2.24) is 10.2 Å². The lowest BCUT2D eigenvalue weighted by Crippen LogP contribution is -2.51. The van der Waals surface area contributed by atoms with E-state index in [1.807, 2.05) is 26.0 Å². The monoisotopic (exact) mass is 354 g/mol. The minimum Gasteiger partial charge on any atom is -0.486 e. The van der Waals surface area contributed by atoms with E-state index in [-0.39, 0.29) is 18.2 Å². The summed E-state index contributed by atoms with van der Waals surface area (Å²) >= 11 is 6.23. The quantitative estimate of drug-likeness (QED) is 0.906. The number of ether oxygens (including phenoxy) is 3. The van der Waals surface area contributed by atoms with Gasteiger partial charge in [-0.3, -0.25) is 0 Å². The number of hydrogen-bond donors (Lipinski definition) is 1. The molecule has 3 rings (SSSR count). The van der Waals surface area contributed by atoms with Gasteiger partial charge in [-0.05, 0) is 38.0 Å². The van der Waals surface area contributed by atoms with Crippen LogP contribution in [0.5, 0.6) is 11.5 Å². The molecule has 24 heavy (non-hydrogen) atoms. The Morgan fingerprint density at radius 1 is 1.25 bits per heavy atom. The normalized spacial score (nSPS) is 23.0. The summed E-state index contributed by atoms with van der Waals surface area (Å²) in [6, 6.07) is 3.73. The molecule has 2 aliphatic rings. The highest BCUT2D eigenvalue weighted by atomic mass is 35.5. The second-order valence-corrected chi connectivity index (χ2v) is 6.65. The van der Waals surface area contributed by atoms with Gasteiger partial charge in [0.2, 0.25) is 0 Å². The van der Waals surface area contributed by atoms with Crippen LogP contribution in [0.2, 0.25) is 5.02 Å². The van der Waals surface area contributed by atoms with Gasteiger partial charge in [0, 0.05) is 19.6 Å². The zero-order valence-electron chi connectivity index (χ0n) is 14.0. The first kappa shape index (κ1) is 17.2. The Kier molecular flexibility index (Phi) is 5.36. The summed E-state index contributed by atoms with van der Waals surface area (Å²) in [5, 5.41) is 3.50. The highest BCUT2D eigenvalue weighted by Gasteiger charge is 2.25. The lowest BCUT2D eigenvalue weighted by molar-refractivity contribution is -0.0544. The van der Waals surface area contributed by atoms with Crippen LogP contribution in [0.3, 0.4) is 0 Å². The molecule has 0 aliphatic carbocycles. The number of amides is 2. The molecule has 2 heterocycles. The minimum absolute atomic E-state index is 0.0550. The Labute approximate surface area is 147 Å². The average molecular weight is 355 g/mol. The molecule has 7 heteroatoms. The Morgan fingerprint density at radius 3 is 2.71 bits per heavy atom. The molecule has 0 spiro atoms. The molecular weight excluding hydrogens is 332 g/mol. The zero-order valence-corrected chi connectivity index (χ0v) is 14.8. The molecule has 2 aliphatic heterocycles. The molecule has 0 radical (unpaired) electrons. The van der Waals surface area contributed by atoms with Gasteiger partial charge >= 0.3 is 6.03 Å². The number of rotatable bonds is 3. The van der Waals surface area contributed by atoms with Crippen LogP contribution in [0.4, 0.5) is 4.79 Å². The first-order valence-electron chi connectivity index (χ1n) is 8.29. The van der Waals surface area contributed by atoms with Gasteiger partial charge in [-0.1, -0.05) is 11.6 Å². The number of urea groups is 1. The first-order chi connectivity index (χ1) is 11.5. The van der Waals surface area contributed by atoms with E-state index < -0.39 is 0 Å². The summed E-state index contributed by atoms with van der Waals surface area (Å²) in [6.45, 7) is 6.77. The van der Waals surface area contributed by atoms with Crippen molar-refractivity contribution in [3.05, 3.63) is 22.7 Å². The maximum Gasteiger partial charge on any atom is 0.317 e. The molecule has 0 aromatic heterocycles. The van der Waals surface area contributed by atoms with E-state index in [1.54, 1.807) is 4.90 Å². The van der Waals surface area contributed by atoms with Gasteiger partial charge in [0.15, 0.2) is 11.5 Å². The largest absolute Gasteiger partial charge is 0.486 e. The van der Waals surface area contributed by atoms with Crippen molar-refractivity contribution >= 4 is 17.6 Å². The van der Waals surface area contributed by atoms with Crippen molar-refractivity contribution in [1.29, 1.82) is 0 Å². The van der Waals surface area contributed by atoms with Crippen molar-refractivity contribution in [3.63, 3.8) is 0 Å². The minimum atomic E-state index is -0.0550. The van der Waals surface area contributed by atoms with Crippen LogP contribution in [0.15, 0.2) is 12.1 Å². The van der Waals surface area contributed by atoms with Gasteiger partial charge in [0.1, 0.15) is 13.2 Å². The maximum absolute atomic E-state index is 12.3. The van der Waals surface area contributed by atoms with Crippen LogP contribution >= 0.6 is 11.6 Å². The second kappa shape index (κ2) is 7.49. The van der Waals surface area contributed by atoms with Crippen molar-refractivity contribution < 1.29 is 19.0 Å². The van der Waals surface area contributed by atoms with Crippen LogP contribution in [0.1, 0.15) is 19.4 Å². The highest BCUT2D eigenvalue weighted by Crippen LogP contribution is 2.38. The number of halogens is 1. The van der Waals surface area contributed by atoms with E-state index >= 15 is 0 Å². The summed E-state index contributed by atoms with van der Waals surface area (Å²) < 4.78 is 16.7. The van der Waals surface area contributed by atoms with E-state index in [2.05, 4.69) is 5.32 Å². The highest BCUT2D eigenvalue weighted by molar-refractivity contribution is 6.32. The third-order valence-electron chi connectivity index (χ3n) is 4.05. The molecule has 132 valence electrons. The van der Waals surface area contributed by atoms with E-state index in [4.69, 9.17) is 25.8 Å². The lowest BCUT2D eigenvalue weighted by Gasteiger charge is -2.35. The predicted octanol–water partition coefficient (Wildman–Crippen LogP) is 2.47. The molecule has 1 aromatic rings. The topological polar surface area (TPSA) is 60.0 Å². The van der Waals surface area contributed by atoms with Crippen LogP contribution in [0.25, 0.3) is 0 Å². The van der Waals surface area contributed by atoms with Crippen molar-refractivity contribution in [3.8, 4) is 11.5 Å². The number of fused-ring (bicyclic) bond motifs is 1. The molecule has 2 atom stereocenters. The summed E-state index contributed by atoms with van der Waals surface area (Å²) in [5.74, 6) is 1.28. The fraction of sp³-hybridized carbons (Fsp3) is 0.588. The third-order valence-corrected chi connectivity index (χ3v) is 4.33. The molecule has 0 bridgehead atoms. The number of hydrogen-bond acceptors (Lipinski definition) is 4. The van der Waals surface area contributed by atoms with Crippen molar-refractivity contribution in [2.75, 3.05) is 32.8 Å². The molecule has 2 unspecified atom stereocenters. The van der Waals surface area contributed by atoms with Gasteiger partial charge in [-0.2, -0.15) is 0 Å². The fourth-order valence-electron chi connectivity index (χ4n) is 3.08. The number of nitrogens with one attached hydrogen (secondary N) is 1. The van der Waals surface area contributed by atoms with Crippen LogP contribution < -0.4 is 14.8 Å². The standard InChI is InChI=1S/C17H23ClN2O4/c1-11-9-20(10-12(2)24-11)17(21)19-4-3-13-7-14(18)16-15(8-13)22-5-6-23-16/h7-8,11-12H,3-6,9-10H2,1-2H3,(H,19,21). The van der Waals surface area contributed by atoms with Gasteiger partial charge in [0.25, 0.3) is 0 Å². The van der Waals surface area contributed by atoms with Gasteiger partial charge in [-0.15, -0.1) is 0 Å².